The first-order chi connectivity index (χ1) is 9.19. The van der Waals surface area contributed by atoms with Crippen LogP contribution in [0.1, 0.15) is 18.2 Å². The summed E-state index contributed by atoms with van der Waals surface area (Å²) in [5.74, 6) is 1.54. The first kappa shape index (κ1) is 14.5. The molecule has 0 aliphatic heterocycles. The van der Waals surface area contributed by atoms with E-state index in [-0.39, 0.29) is 0 Å². The molecule has 0 saturated heterocycles. The molecule has 1 heterocycles. The number of halogens is 2. The summed E-state index contributed by atoms with van der Waals surface area (Å²) in [5, 5.41) is 0.781. The molecule has 0 saturated carbocycles. The van der Waals surface area contributed by atoms with Crippen LogP contribution in [-0.2, 0) is 11.8 Å². The van der Waals surface area contributed by atoms with Gasteiger partial charge in [0.2, 0.25) is 0 Å². The van der Waals surface area contributed by atoms with E-state index in [1.165, 1.54) is 0 Å². The Morgan fingerprint density at radius 3 is 2.68 bits per heavy atom. The van der Waals surface area contributed by atoms with E-state index >= 15 is 0 Å². The van der Waals surface area contributed by atoms with Crippen LogP contribution >= 0.6 is 31.9 Å². The van der Waals surface area contributed by atoms with Gasteiger partial charge in [-0.05, 0) is 40.5 Å². The fourth-order valence-electron chi connectivity index (χ4n) is 1.80. The number of rotatable bonds is 4. The van der Waals surface area contributed by atoms with Crippen molar-refractivity contribution >= 4 is 31.9 Å². The Morgan fingerprint density at radius 2 is 2.11 bits per heavy atom. The highest BCUT2D eigenvalue weighted by atomic mass is 79.9. The maximum atomic E-state index is 5.22. The average molecular weight is 386 g/mol. The van der Waals surface area contributed by atoms with Crippen molar-refractivity contribution in [2.75, 3.05) is 7.11 Å². The topological polar surface area (TPSA) is 35.0 Å². The van der Waals surface area contributed by atoms with E-state index in [1.54, 1.807) is 7.11 Å². The Labute approximate surface area is 129 Å². The molecule has 0 spiro atoms. The molecule has 0 unspecified atom stereocenters. The number of nitrogens with zero attached hydrogens (tertiary/aromatic N) is 2. The highest BCUT2D eigenvalue weighted by Gasteiger charge is 2.09. The zero-order valence-electron chi connectivity index (χ0n) is 10.8. The molecule has 1 aromatic carbocycles. The van der Waals surface area contributed by atoms with Crippen molar-refractivity contribution in [1.29, 1.82) is 0 Å². The number of ether oxygens (including phenoxy) is 1. The van der Waals surface area contributed by atoms with Gasteiger partial charge in [0.25, 0.3) is 0 Å². The predicted molar refractivity (Wildman–Crippen MR) is 83.7 cm³/mol. The van der Waals surface area contributed by atoms with E-state index in [0.29, 0.717) is 0 Å². The Morgan fingerprint density at radius 1 is 1.32 bits per heavy atom. The Hall–Kier alpha value is -0.940. The highest BCUT2D eigenvalue weighted by molar-refractivity contribution is 9.10. The molecule has 0 atom stereocenters. The third-order valence-corrected chi connectivity index (χ3v) is 4.07. The summed E-state index contributed by atoms with van der Waals surface area (Å²) in [4.78, 5) is 9.05. The van der Waals surface area contributed by atoms with Crippen molar-refractivity contribution in [3.8, 4) is 17.1 Å². The van der Waals surface area contributed by atoms with Gasteiger partial charge in [0.1, 0.15) is 5.75 Å². The summed E-state index contributed by atoms with van der Waals surface area (Å²) in [7, 11) is 1.65. The molecule has 0 aliphatic rings. The van der Waals surface area contributed by atoms with E-state index in [4.69, 9.17) is 4.74 Å². The quantitative estimate of drug-likeness (QED) is 0.733. The minimum Gasteiger partial charge on any atom is -0.496 e. The normalized spacial score (nSPS) is 10.5. The molecule has 100 valence electrons. The minimum atomic E-state index is 0.741. The number of alkyl halides is 1. The van der Waals surface area contributed by atoms with Crippen molar-refractivity contribution < 1.29 is 4.74 Å². The van der Waals surface area contributed by atoms with Gasteiger partial charge in [-0.15, -0.1) is 0 Å². The van der Waals surface area contributed by atoms with Crippen molar-refractivity contribution in [2.45, 2.75) is 18.7 Å². The van der Waals surface area contributed by atoms with E-state index in [2.05, 4.69) is 48.8 Å². The number of methoxy groups -OCH3 is 1. The summed E-state index contributed by atoms with van der Waals surface area (Å²) in [6, 6.07) is 5.85. The molecule has 3 nitrogen and oxygen atoms in total. The number of aromatic nitrogens is 2. The maximum absolute atomic E-state index is 5.22. The molecule has 0 aliphatic carbocycles. The van der Waals surface area contributed by atoms with Crippen molar-refractivity contribution in [1.82, 2.24) is 9.97 Å². The van der Waals surface area contributed by atoms with Gasteiger partial charge >= 0.3 is 0 Å². The molecule has 5 heteroatoms. The standard InChI is InChI=1S/C14H14Br2N2O/c1-3-12-10(7-15)8-17-14(18-12)9-4-5-13(19-2)11(16)6-9/h4-6,8H,3,7H2,1-2H3. The second-order valence-corrected chi connectivity index (χ2v) is 5.42. The van der Waals surface area contributed by atoms with Crippen LogP contribution in [0.4, 0.5) is 0 Å². The van der Waals surface area contributed by atoms with Gasteiger partial charge in [0.05, 0.1) is 11.6 Å². The van der Waals surface area contributed by atoms with Crippen molar-refractivity contribution in [2.24, 2.45) is 0 Å². The molecule has 19 heavy (non-hydrogen) atoms. The fraction of sp³-hybridized carbons (Fsp3) is 0.286. The number of hydrogen-bond acceptors (Lipinski definition) is 3. The fourth-order valence-corrected chi connectivity index (χ4v) is 2.81. The Kier molecular flexibility index (Phi) is 4.93. The van der Waals surface area contributed by atoms with E-state index in [9.17, 15) is 0 Å². The summed E-state index contributed by atoms with van der Waals surface area (Å²) >= 11 is 6.94. The molecule has 0 bridgehead atoms. The van der Waals surface area contributed by atoms with Crippen LogP contribution in [0.5, 0.6) is 5.75 Å². The first-order valence-corrected chi connectivity index (χ1v) is 7.85. The highest BCUT2D eigenvalue weighted by Crippen LogP contribution is 2.29. The van der Waals surface area contributed by atoms with Gasteiger partial charge in [0.15, 0.2) is 5.82 Å². The van der Waals surface area contributed by atoms with Gasteiger partial charge < -0.3 is 4.74 Å². The van der Waals surface area contributed by atoms with Crippen LogP contribution in [0.25, 0.3) is 11.4 Å². The lowest BCUT2D eigenvalue weighted by atomic mass is 10.1. The summed E-state index contributed by atoms with van der Waals surface area (Å²) in [6.07, 6.45) is 2.78. The molecular weight excluding hydrogens is 372 g/mol. The number of benzene rings is 1. The molecule has 2 rings (SSSR count). The molecule has 2 aromatic rings. The second-order valence-electron chi connectivity index (χ2n) is 4.00. The summed E-state index contributed by atoms with van der Waals surface area (Å²) in [5.41, 5.74) is 3.19. The third-order valence-electron chi connectivity index (χ3n) is 2.84. The van der Waals surface area contributed by atoms with Crippen LogP contribution in [0.2, 0.25) is 0 Å². The number of aryl methyl sites for hydroxylation is 1. The van der Waals surface area contributed by atoms with E-state index in [0.717, 1.165) is 44.6 Å². The SMILES string of the molecule is CCc1nc(-c2ccc(OC)c(Br)c2)ncc1CBr. The molecule has 0 fully saturated rings. The minimum absolute atomic E-state index is 0.741. The zero-order chi connectivity index (χ0) is 13.8. The van der Waals surface area contributed by atoms with Gasteiger partial charge in [-0.25, -0.2) is 9.97 Å². The lowest BCUT2D eigenvalue weighted by Gasteiger charge is -2.08. The van der Waals surface area contributed by atoms with Crippen molar-refractivity contribution in [3.63, 3.8) is 0 Å². The molecule has 0 N–H and O–H groups in total. The summed E-state index contributed by atoms with van der Waals surface area (Å²) < 4.78 is 6.12. The predicted octanol–water partition coefficient (Wildman–Crippen LogP) is 4.37. The van der Waals surface area contributed by atoms with Crippen LogP contribution < -0.4 is 4.74 Å². The van der Waals surface area contributed by atoms with E-state index in [1.807, 2.05) is 24.4 Å². The van der Waals surface area contributed by atoms with Gasteiger partial charge in [-0.2, -0.15) is 0 Å². The van der Waals surface area contributed by atoms with Gasteiger partial charge in [-0.3, -0.25) is 0 Å². The monoisotopic (exact) mass is 384 g/mol. The first-order valence-electron chi connectivity index (χ1n) is 5.94. The summed E-state index contributed by atoms with van der Waals surface area (Å²) in [6.45, 7) is 2.10. The van der Waals surface area contributed by atoms with Crippen LogP contribution in [0, 0.1) is 0 Å². The lowest BCUT2D eigenvalue weighted by Crippen LogP contribution is -1.99. The molecule has 0 radical (unpaired) electrons. The zero-order valence-corrected chi connectivity index (χ0v) is 14.0. The van der Waals surface area contributed by atoms with Crippen LogP contribution in [-0.4, -0.2) is 17.1 Å². The second kappa shape index (κ2) is 6.48. The van der Waals surface area contributed by atoms with Crippen molar-refractivity contribution in [3.05, 3.63) is 40.1 Å². The van der Waals surface area contributed by atoms with Crippen LogP contribution in [0.3, 0.4) is 0 Å². The Bertz CT molecular complexity index is 588. The Balaban J connectivity index is 2.44. The van der Waals surface area contributed by atoms with Gasteiger partial charge in [0, 0.05) is 28.3 Å². The molecule has 1 aromatic heterocycles. The maximum Gasteiger partial charge on any atom is 0.159 e. The van der Waals surface area contributed by atoms with Crippen LogP contribution in [0.15, 0.2) is 28.9 Å². The van der Waals surface area contributed by atoms with E-state index < -0.39 is 0 Å². The van der Waals surface area contributed by atoms with Gasteiger partial charge in [-0.1, -0.05) is 22.9 Å². The molecule has 0 amide bonds. The largest absolute Gasteiger partial charge is 0.496 e. The molecular formula is C14H14Br2N2O. The smallest absolute Gasteiger partial charge is 0.159 e. The number of hydrogen-bond donors (Lipinski definition) is 0. The average Bonchev–Trinajstić information content (AvgIpc) is 2.46. The lowest BCUT2D eigenvalue weighted by molar-refractivity contribution is 0.412. The third kappa shape index (κ3) is 3.15.